The van der Waals surface area contributed by atoms with Gasteiger partial charge in [0.05, 0.1) is 35.0 Å². The number of amidine groups is 1. The number of carbonyl (C=O) groups is 2. The average molecular weight is 472 g/mol. The maximum atomic E-state index is 13.0. The molecular formula is C20H23Cl2N3O4S. The molecule has 10 heteroatoms. The molecule has 2 atom stereocenters. The number of allylic oxidation sites excluding steroid dienone is 1. The van der Waals surface area contributed by atoms with Crippen LogP contribution in [0, 0.1) is 11.3 Å². The summed E-state index contributed by atoms with van der Waals surface area (Å²) in [4.78, 5) is 30.2. The maximum absolute atomic E-state index is 13.0. The molecule has 0 saturated carbocycles. The number of nitrogens with two attached hydrogens (primary N) is 1. The number of thioether (sulfide) groups is 1. The Kier molecular flexibility index (Phi) is 8.76. The van der Waals surface area contributed by atoms with E-state index >= 15 is 0 Å². The van der Waals surface area contributed by atoms with Crippen LogP contribution in [-0.4, -0.2) is 42.3 Å². The Morgan fingerprint density at radius 3 is 2.63 bits per heavy atom. The first-order valence-corrected chi connectivity index (χ1v) is 10.9. The minimum Gasteiger partial charge on any atom is -0.468 e. The van der Waals surface area contributed by atoms with Gasteiger partial charge in [0, 0.05) is 17.4 Å². The molecule has 7 nitrogen and oxygen atoms in total. The van der Waals surface area contributed by atoms with Crippen molar-refractivity contribution in [3.63, 3.8) is 0 Å². The third-order valence-electron chi connectivity index (χ3n) is 4.58. The summed E-state index contributed by atoms with van der Waals surface area (Å²) in [5.74, 6) is -2.35. The molecule has 30 heavy (non-hydrogen) atoms. The number of rotatable bonds is 7. The van der Waals surface area contributed by atoms with E-state index in [1.165, 1.54) is 7.11 Å². The fourth-order valence-electron chi connectivity index (χ4n) is 3.36. The number of benzene rings is 1. The molecule has 3 N–H and O–H groups in total. The number of aliphatic imine (C=N–C) groups is 1. The molecule has 2 unspecified atom stereocenters. The van der Waals surface area contributed by atoms with Crippen molar-refractivity contribution in [2.75, 3.05) is 19.5 Å². The number of nitrogens with zero attached hydrogens (tertiary/aromatic N) is 1. The summed E-state index contributed by atoms with van der Waals surface area (Å²) >= 11 is 13.8. The maximum Gasteiger partial charge on any atom is 0.336 e. The molecule has 0 bridgehead atoms. The first kappa shape index (κ1) is 24.2. The van der Waals surface area contributed by atoms with E-state index in [0.29, 0.717) is 34.2 Å². The normalized spacial score (nSPS) is 18.6. The molecule has 0 aliphatic carbocycles. The molecule has 1 aromatic carbocycles. The number of hydrogen-bond donors (Lipinski definition) is 2. The van der Waals surface area contributed by atoms with Crippen molar-refractivity contribution >= 4 is 57.8 Å². The van der Waals surface area contributed by atoms with Crippen LogP contribution in [0.5, 0.6) is 0 Å². The summed E-state index contributed by atoms with van der Waals surface area (Å²) in [7, 11) is 1.28. The number of methoxy groups -OCH3 is 1. The summed E-state index contributed by atoms with van der Waals surface area (Å²) in [5, 5.41) is 7.90. The zero-order valence-corrected chi connectivity index (χ0v) is 19.2. The minimum atomic E-state index is -0.866. The Balaban J connectivity index is 2.71. The highest BCUT2D eigenvalue weighted by Crippen LogP contribution is 2.44. The lowest BCUT2D eigenvalue weighted by molar-refractivity contribution is -0.144. The molecule has 2 rings (SSSR count). The van der Waals surface area contributed by atoms with Gasteiger partial charge in [-0.15, -0.1) is 0 Å². The van der Waals surface area contributed by atoms with Crippen LogP contribution >= 0.6 is 35.0 Å². The zero-order chi connectivity index (χ0) is 22.4. The van der Waals surface area contributed by atoms with Crippen molar-refractivity contribution in [3.8, 4) is 0 Å². The second-order valence-electron chi connectivity index (χ2n) is 6.42. The molecule has 0 aromatic heterocycles. The Hall–Kier alpha value is -2.03. The average Bonchev–Trinajstić information content (AvgIpc) is 2.69. The van der Waals surface area contributed by atoms with E-state index in [0.717, 1.165) is 11.8 Å². The minimum absolute atomic E-state index is 0.0355. The zero-order valence-electron chi connectivity index (χ0n) is 16.8. The molecule has 1 aliphatic heterocycles. The standard InChI is InChI=1S/C20H23Cl2N3O4S/c1-4-29-19(27)16-13(8-9-30-20(23)24)25-10(2)14(18(26)28-3)15(16)11-6-5-7-12(21)17(11)22/h5-7,14-15H,4,8-9H2,1-3H3,(H3,23,24). The third kappa shape index (κ3) is 5.36. The van der Waals surface area contributed by atoms with E-state index in [4.69, 9.17) is 43.8 Å². The van der Waals surface area contributed by atoms with Gasteiger partial charge >= 0.3 is 11.9 Å². The molecule has 0 radical (unpaired) electrons. The molecule has 1 heterocycles. The van der Waals surface area contributed by atoms with Crippen molar-refractivity contribution in [1.29, 1.82) is 5.41 Å². The van der Waals surface area contributed by atoms with Crippen LogP contribution in [0.4, 0.5) is 0 Å². The van der Waals surface area contributed by atoms with Gasteiger partial charge in [-0.2, -0.15) is 0 Å². The molecule has 0 amide bonds. The summed E-state index contributed by atoms with van der Waals surface area (Å²) in [6, 6.07) is 5.05. The summed E-state index contributed by atoms with van der Waals surface area (Å²) < 4.78 is 10.3. The van der Waals surface area contributed by atoms with Crippen molar-refractivity contribution < 1.29 is 19.1 Å². The summed E-state index contributed by atoms with van der Waals surface area (Å²) in [6.07, 6.45) is 0.346. The largest absolute Gasteiger partial charge is 0.468 e. The number of esters is 2. The monoisotopic (exact) mass is 471 g/mol. The van der Waals surface area contributed by atoms with Crippen LogP contribution < -0.4 is 5.73 Å². The second-order valence-corrected chi connectivity index (χ2v) is 8.34. The fourth-order valence-corrected chi connectivity index (χ4v) is 4.30. The SMILES string of the molecule is CCOC(=O)C1=C(CCSC(=N)N)N=C(C)C(C(=O)OC)C1c1cccc(Cl)c1Cl. The van der Waals surface area contributed by atoms with Crippen molar-refractivity contribution in [3.05, 3.63) is 45.1 Å². The highest BCUT2D eigenvalue weighted by Gasteiger charge is 2.43. The van der Waals surface area contributed by atoms with Gasteiger partial charge in [0.1, 0.15) is 5.92 Å². The quantitative estimate of drug-likeness (QED) is 0.350. The lowest BCUT2D eigenvalue weighted by Gasteiger charge is -2.32. The molecule has 1 aliphatic rings. The Morgan fingerprint density at radius 1 is 1.33 bits per heavy atom. The van der Waals surface area contributed by atoms with Crippen LogP contribution in [0.1, 0.15) is 31.7 Å². The predicted molar refractivity (Wildman–Crippen MR) is 120 cm³/mol. The first-order chi connectivity index (χ1) is 14.2. The Labute approximate surface area is 189 Å². The molecule has 1 aromatic rings. The van der Waals surface area contributed by atoms with Gasteiger partial charge in [0.25, 0.3) is 0 Å². The van der Waals surface area contributed by atoms with Gasteiger partial charge in [-0.1, -0.05) is 47.1 Å². The number of hydrogen-bond acceptors (Lipinski definition) is 7. The van der Waals surface area contributed by atoms with E-state index < -0.39 is 23.8 Å². The van der Waals surface area contributed by atoms with Crippen molar-refractivity contribution in [2.45, 2.75) is 26.2 Å². The predicted octanol–water partition coefficient (Wildman–Crippen LogP) is 4.17. The molecule has 162 valence electrons. The fraction of sp³-hybridized carbons (Fsp3) is 0.400. The topological polar surface area (TPSA) is 115 Å². The number of nitrogens with one attached hydrogen (secondary N) is 1. The summed E-state index contributed by atoms with van der Waals surface area (Å²) in [5.41, 5.74) is 7.10. The van der Waals surface area contributed by atoms with Crippen LogP contribution in [0.3, 0.4) is 0 Å². The van der Waals surface area contributed by atoms with E-state index in [1.54, 1.807) is 32.0 Å². The van der Waals surface area contributed by atoms with Crippen molar-refractivity contribution in [2.24, 2.45) is 16.6 Å². The Morgan fingerprint density at radius 2 is 2.03 bits per heavy atom. The number of carbonyl (C=O) groups excluding carboxylic acids is 2. The lowest BCUT2D eigenvalue weighted by Crippen LogP contribution is -2.36. The highest BCUT2D eigenvalue weighted by atomic mass is 35.5. The van der Waals surface area contributed by atoms with Crippen LogP contribution in [0.15, 0.2) is 34.5 Å². The van der Waals surface area contributed by atoms with Crippen LogP contribution in [-0.2, 0) is 19.1 Å². The van der Waals surface area contributed by atoms with Gasteiger partial charge in [0.15, 0.2) is 5.17 Å². The van der Waals surface area contributed by atoms with Gasteiger partial charge in [-0.3, -0.25) is 15.2 Å². The van der Waals surface area contributed by atoms with Crippen LogP contribution in [0.2, 0.25) is 10.0 Å². The first-order valence-electron chi connectivity index (χ1n) is 9.16. The smallest absolute Gasteiger partial charge is 0.336 e. The lowest BCUT2D eigenvalue weighted by atomic mass is 9.75. The van der Waals surface area contributed by atoms with E-state index in [-0.39, 0.29) is 22.4 Å². The molecular weight excluding hydrogens is 449 g/mol. The number of ether oxygens (including phenoxy) is 2. The van der Waals surface area contributed by atoms with E-state index in [2.05, 4.69) is 4.99 Å². The molecule has 0 fully saturated rings. The van der Waals surface area contributed by atoms with Crippen LogP contribution in [0.25, 0.3) is 0 Å². The summed E-state index contributed by atoms with van der Waals surface area (Å²) in [6.45, 7) is 3.55. The van der Waals surface area contributed by atoms with Crippen molar-refractivity contribution in [1.82, 2.24) is 0 Å². The van der Waals surface area contributed by atoms with Gasteiger partial charge < -0.3 is 15.2 Å². The molecule has 0 saturated heterocycles. The number of halogens is 2. The second kappa shape index (κ2) is 10.8. The Bertz CT molecular complexity index is 917. The van der Waals surface area contributed by atoms with E-state index in [9.17, 15) is 9.59 Å². The van der Waals surface area contributed by atoms with E-state index in [1.807, 2.05) is 0 Å². The van der Waals surface area contributed by atoms with Gasteiger partial charge in [-0.05, 0) is 31.9 Å². The molecule has 0 spiro atoms. The highest BCUT2D eigenvalue weighted by molar-refractivity contribution is 8.13. The third-order valence-corrected chi connectivity index (χ3v) is 6.13. The van der Waals surface area contributed by atoms with Gasteiger partial charge in [-0.25, -0.2) is 4.79 Å². The van der Waals surface area contributed by atoms with Gasteiger partial charge in [0.2, 0.25) is 0 Å².